The van der Waals surface area contributed by atoms with Crippen molar-refractivity contribution in [2.45, 2.75) is 59.4 Å². The molecule has 1 aliphatic rings. The zero-order valence-electron chi connectivity index (χ0n) is 19.6. The summed E-state index contributed by atoms with van der Waals surface area (Å²) in [5.74, 6) is -4.19. The van der Waals surface area contributed by atoms with Gasteiger partial charge in [-0.05, 0) is 31.8 Å². The van der Waals surface area contributed by atoms with Crippen LogP contribution in [0.25, 0.3) is 0 Å². The predicted molar refractivity (Wildman–Crippen MR) is 118 cm³/mol. The minimum atomic E-state index is -1.42. The Balaban J connectivity index is 3.42. The van der Waals surface area contributed by atoms with Crippen LogP contribution in [0, 0.1) is 5.92 Å². The van der Waals surface area contributed by atoms with E-state index in [9.17, 15) is 28.6 Å². The molecule has 180 valence electrons. The summed E-state index contributed by atoms with van der Waals surface area (Å²) in [6.07, 6.45) is 3.52. The Labute approximate surface area is 188 Å². The second-order valence-electron chi connectivity index (χ2n) is 8.26. The van der Waals surface area contributed by atoms with Crippen molar-refractivity contribution in [1.82, 2.24) is 10.0 Å². The number of carbonyl (C=O) groups excluding carboxylic acids is 2. The normalized spacial score (nSPS) is 21.6. The van der Waals surface area contributed by atoms with Crippen molar-refractivity contribution in [3.63, 3.8) is 0 Å². The van der Waals surface area contributed by atoms with Gasteiger partial charge in [0.1, 0.15) is 12.1 Å². The van der Waals surface area contributed by atoms with Crippen molar-refractivity contribution in [3.8, 4) is 0 Å². The molecule has 2 N–H and O–H groups in total. The molecule has 0 aromatic rings. The minimum absolute atomic E-state index is 0.0141. The fourth-order valence-corrected chi connectivity index (χ4v) is 3.57. The van der Waals surface area contributed by atoms with Gasteiger partial charge in [-0.1, -0.05) is 45.8 Å². The van der Waals surface area contributed by atoms with E-state index in [4.69, 9.17) is 4.74 Å². The lowest BCUT2D eigenvalue weighted by molar-refractivity contribution is -0.164. The number of hydrazine groups is 1. The third-order valence-corrected chi connectivity index (χ3v) is 5.37. The molecule has 0 fully saturated rings. The molecule has 1 aliphatic heterocycles. The Morgan fingerprint density at radius 3 is 2.41 bits per heavy atom. The molecular formula is C23H34F2N2O5. The van der Waals surface area contributed by atoms with Crippen molar-refractivity contribution in [2.24, 2.45) is 5.92 Å². The maximum atomic E-state index is 13.2. The van der Waals surface area contributed by atoms with Gasteiger partial charge in [0, 0.05) is 7.05 Å². The third-order valence-electron chi connectivity index (χ3n) is 5.37. The van der Waals surface area contributed by atoms with Gasteiger partial charge in [0.2, 0.25) is 0 Å². The summed E-state index contributed by atoms with van der Waals surface area (Å²) in [5, 5.41) is 23.4. The number of esters is 1. The standard InChI is InChI=1S/C23H34F2N2O5/c1-7-11-23(8-2)20(29)19(22(31)32-14-15(3)4)21(30)27(26(23)6)13-16(5)9-10-18(28)17(25)12-24/h9-10,12,15,28-29H,7-8,11,13-14H2,1-6H3/b16-9+,17-12-,18-10+. The van der Waals surface area contributed by atoms with Crippen LogP contribution in [0.3, 0.4) is 0 Å². The van der Waals surface area contributed by atoms with Crippen LogP contribution in [0.5, 0.6) is 0 Å². The summed E-state index contributed by atoms with van der Waals surface area (Å²) in [6, 6.07) is 0. The first-order valence-electron chi connectivity index (χ1n) is 10.7. The molecule has 1 rings (SSSR count). The van der Waals surface area contributed by atoms with Crippen molar-refractivity contribution >= 4 is 11.9 Å². The van der Waals surface area contributed by atoms with Crippen molar-refractivity contribution in [2.75, 3.05) is 20.2 Å². The maximum Gasteiger partial charge on any atom is 0.347 e. The van der Waals surface area contributed by atoms with Crippen LogP contribution in [-0.2, 0) is 14.3 Å². The average molecular weight is 457 g/mol. The van der Waals surface area contributed by atoms with Gasteiger partial charge in [0.15, 0.2) is 17.2 Å². The van der Waals surface area contributed by atoms with Crippen LogP contribution in [0.2, 0.25) is 0 Å². The molecule has 0 bridgehead atoms. The molecule has 0 aromatic heterocycles. The lowest BCUT2D eigenvalue weighted by Crippen LogP contribution is -2.63. The lowest BCUT2D eigenvalue weighted by Gasteiger charge is -2.50. The van der Waals surface area contributed by atoms with Gasteiger partial charge in [-0.15, -0.1) is 0 Å². The van der Waals surface area contributed by atoms with E-state index in [1.165, 1.54) is 11.1 Å². The molecule has 0 aliphatic carbocycles. The molecule has 0 aromatic carbocycles. The molecule has 0 saturated carbocycles. The number of carbonyl (C=O) groups is 2. The molecular weight excluding hydrogens is 422 g/mol. The summed E-state index contributed by atoms with van der Waals surface area (Å²) in [7, 11) is 1.65. The lowest BCUT2D eigenvalue weighted by atomic mass is 9.83. The molecule has 1 atom stereocenters. The summed E-state index contributed by atoms with van der Waals surface area (Å²) in [6.45, 7) is 9.21. The van der Waals surface area contributed by atoms with E-state index in [0.29, 0.717) is 24.8 Å². The number of ether oxygens (including phenoxy) is 1. The van der Waals surface area contributed by atoms with Gasteiger partial charge in [0.25, 0.3) is 5.91 Å². The first-order valence-corrected chi connectivity index (χ1v) is 10.7. The fraction of sp³-hybridized carbons (Fsp3) is 0.565. The Morgan fingerprint density at radius 1 is 1.28 bits per heavy atom. The number of amides is 1. The molecule has 32 heavy (non-hydrogen) atoms. The van der Waals surface area contributed by atoms with Gasteiger partial charge in [-0.25, -0.2) is 18.6 Å². The Morgan fingerprint density at radius 2 is 1.91 bits per heavy atom. The Bertz CT molecular complexity index is 832. The van der Waals surface area contributed by atoms with Crippen molar-refractivity contribution < 1.29 is 33.3 Å². The third kappa shape index (κ3) is 5.97. The SMILES string of the molecule is CCCC1(CC)C(O)=C(C(=O)OCC(C)C)C(=O)N(C/C(C)=C/C=C(O)\C(F)=C\F)N1C. The predicted octanol–water partition coefficient (Wildman–Crippen LogP) is 4.80. The highest BCUT2D eigenvalue weighted by Crippen LogP contribution is 2.39. The summed E-state index contributed by atoms with van der Waals surface area (Å²) < 4.78 is 30.5. The van der Waals surface area contributed by atoms with Gasteiger partial charge in [0.05, 0.1) is 18.7 Å². The smallest absolute Gasteiger partial charge is 0.347 e. The maximum absolute atomic E-state index is 13.2. The number of halogens is 2. The topological polar surface area (TPSA) is 90.3 Å². The first kappa shape index (κ1) is 27.4. The molecule has 9 heteroatoms. The second kappa shape index (κ2) is 11.8. The molecule has 7 nitrogen and oxygen atoms in total. The van der Waals surface area contributed by atoms with Gasteiger partial charge in [-0.2, -0.15) is 0 Å². The highest BCUT2D eigenvalue weighted by Gasteiger charge is 2.50. The number of allylic oxidation sites excluding steroid dienone is 3. The molecule has 0 radical (unpaired) electrons. The highest BCUT2D eigenvalue weighted by molar-refractivity contribution is 6.17. The Hall–Kier alpha value is -2.68. The van der Waals surface area contributed by atoms with Crippen molar-refractivity contribution in [3.05, 3.63) is 47.0 Å². The zero-order valence-corrected chi connectivity index (χ0v) is 19.6. The van der Waals surface area contributed by atoms with E-state index >= 15 is 0 Å². The van der Waals surface area contributed by atoms with Gasteiger partial charge in [-0.3, -0.25) is 9.80 Å². The zero-order chi connectivity index (χ0) is 24.6. The molecule has 0 saturated heterocycles. The van der Waals surface area contributed by atoms with Crippen molar-refractivity contribution in [1.29, 1.82) is 0 Å². The number of hydrogen-bond donors (Lipinski definition) is 2. The fourth-order valence-electron chi connectivity index (χ4n) is 3.57. The number of aliphatic hydroxyl groups is 2. The number of hydrogen-bond acceptors (Lipinski definition) is 6. The number of aliphatic hydroxyl groups excluding tert-OH is 2. The molecule has 1 unspecified atom stereocenters. The van der Waals surface area contributed by atoms with Crippen LogP contribution in [0.1, 0.15) is 53.9 Å². The van der Waals surface area contributed by atoms with Crippen LogP contribution in [0.4, 0.5) is 8.78 Å². The number of rotatable bonds is 10. The second-order valence-corrected chi connectivity index (χ2v) is 8.26. The van der Waals surface area contributed by atoms with E-state index in [1.54, 1.807) is 19.0 Å². The van der Waals surface area contributed by atoms with Gasteiger partial charge < -0.3 is 14.9 Å². The quantitative estimate of drug-likeness (QED) is 0.212. The summed E-state index contributed by atoms with van der Waals surface area (Å²) >= 11 is 0. The highest BCUT2D eigenvalue weighted by atomic mass is 19.2. The monoisotopic (exact) mass is 456 g/mol. The number of likely N-dealkylation sites (N-methyl/N-ethyl adjacent to an activating group) is 1. The number of nitrogens with zero attached hydrogens (tertiary/aromatic N) is 2. The van der Waals surface area contributed by atoms with Crippen LogP contribution < -0.4 is 0 Å². The van der Waals surface area contributed by atoms with E-state index in [0.717, 1.165) is 6.08 Å². The van der Waals surface area contributed by atoms with Gasteiger partial charge >= 0.3 is 5.97 Å². The molecule has 1 amide bonds. The molecule has 1 heterocycles. The van der Waals surface area contributed by atoms with E-state index < -0.39 is 34.6 Å². The van der Waals surface area contributed by atoms with E-state index in [1.807, 2.05) is 27.7 Å². The molecule has 0 spiro atoms. The summed E-state index contributed by atoms with van der Waals surface area (Å²) in [4.78, 5) is 26.0. The average Bonchev–Trinajstić information content (AvgIpc) is 2.75. The van der Waals surface area contributed by atoms with E-state index in [-0.39, 0.29) is 31.2 Å². The van der Waals surface area contributed by atoms with Crippen LogP contribution in [0.15, 0.2) is 47.0 Å². The Kier molecular flexibility index (Phi) is 10.1. The largest absolute Gasteiger partial charge is 0.509 e. The summed E-state index contributed by atoms with van der Waals surface area (Å²) in [5.41, 5.74) is -0.881. The van der Waals surface area contributed by atoms with Crippen LogP contribution >= 0.6 is 0 Å². The van der Waals surface area contributed by atoms with E-state index in [2.05, 4.69) is 0 Å². The minimum Gasteiger partial charge on any atom is -0.509 e. The van der Waals surface area contributed by atoms with Crippen LogP contribution in [-0.4, -0.2) is 57.8 Å². The first-order chi connectivity index (χ1) is 15.0.